The third kappa shape index (κ3) is 2.80. The predicted octanol–water partition coefficient (Wildman–Crippen LogP) is 5.46. The second kappa shape index (κ2) is 5.65. The van der Waals surface area contributed by atoms with Crippen LogP contribution in [-0.2, 0) is 0 Å². The number of H-pyrrole nitrogens is 1. The fourth-order valence-corrected chi connectivity index (χ4v) is 4.36. The smallest absolute Gasteiger partial charge is 0.144 e. The van der Waals surface area contributed by atoms with Crippen LogP contribution in [0.25, 0.3) is 0 Å². The summed E-state index contributed by atoms with van der Waals surface area (Å²) in [6.45, 7) is 2.34. The Labute approximate surface area is 128 Å². The molecule has 1 aromatic heterocycles. The van der Waals surface area contributed by atoms with Crippen LogP contribution < -0.4 is 0 Å². The lowest BCUT2D eigenvalue weighted by atomic mass is 10.0. The Morgan fingerprint density at radius 3 is 2.53 bits per heavy atom. The van der Waals surface area contributed by atoms with Gasteiger partial charge in [0.05, 0.1) is 4.47 Å². The molecular formula is C15H21BrN2S. The Kier molecular flexibility index (Phi) is 4.08. The highest BCUT2D eigenvalue weighted by Crippen LogP contribution is 2.40. The zero-order valence-corrected chi connectivity index (χ0v) is 13.8. The molecule has 3 rings (SSSR count). The van der Waals surface area contributed by atoms with Crippen LogP contribution in [0, 0.1) is 10.6 Å². The monoisotopic (exact) mass is 340 g/mol. The van der Waals surface area contributed by atoms with Crippen molar-refractivity contribution in [1.29, 1.82) is 0 Å². The fraction of sp³-hybridized carbons (Fsp3) is 0.733. The van der Waals surface area contributed by atoms with Gasteiger partial charge in [0.25, 0.3) is 0 Å². The van der Waals surface area contributed by atoms with E-state index < -0.39 is 0 Å². The van der Waals surface area contributed by atoms with Crippen LogP contribution in [0.5, 0.6) is 0 Å². The molecule has 1 heterocycles. The van der Waals surface area contributed by atoms with E-state index in [0.717, 1.165) is 20.9 Å². The van der Waals surface area contributed by atoms with Gasteiger partial charge in [-0.15, -0.1) is 0 Å². The van der Waals surface area contributed by atoms with E-state index in [0.29, 0.717) is 11.8 Å². The molecular weight excluding hydrogens is 320 g/mol. The fourth-order valence-electron chi connectivity index (χ4n) is 3.64. The normalized spacial score (nSPS) is 28.1. The Morgan fingerprint density at radius 1 is 1.16 bits per heavy atom. The SMILES string of the molecule is CC1CCC(c2nc(=S)c(Br)c(C3CCCC3)[nH]2)C1. The second-order valence-electron chi connectivity index (χ2n) is 6.25. The molecule has 2 atom stereocenters. The number of nitrogens with zero attached hydrogens (tertiary/aromatic N) is 1. The molecule has 0 spiro atoms. The van der Waals surface area contributed by atoms with Crippen molar-refractivity contribution in [1.82, 2.24) is 9.97 Å². The Morgan fingerprint density at radius 2 is 1.89 bits per heavy atom. The molecule has 0 aromatic carbocycles. The van der Waals surface area contributed by atoms with Gasteiger partial charge in [-0.3, -0.25) is 0 Å². The third-order valence-corrected chi connectivity index (χ3v) is 6.11. The van der Waals surface area contributed by atoms with Gasteiger partial charge in [-0.25, -0.2) is 4.98 Å². The average molecular weight is 341 g/mol. The highest BCUT2D eigenvalue weighted by Gasteiger charge is 2.27. The summed E-state index contributed by atoms with van der Waals surface area (Å²) >= 11 is 9.10. The summed E-state index contributed by atoms with van der Waals surface area (Å²) in [7, 11) is 0. The minimum atomic E-state index is 0.588. The number of halogens is 1. The van der Waals surface area contributed by atoms with Gasteiger partial charge in [-0.05, 0) is 54.0 Å². The first kappa shape index (κ1) is 13.7. The molecule has 0 radical (unpaired) electrons. The van der Waals surface area contributed by atoms with Crippen LogP contribution in [0.2, 0.25) is 0 Å². The van der Waals surface area contributed by atoms with Crippen molar-refractivity contribution in [3.63, 3.8) is 0 Å². The van der Waals surface area contributed by atoms with Crippen LogP contribution >= 0.6 is 28.1 Å². The van der Waals surface area contributed by atoms with Crippen LogP contribution in [0.15, 0.2) is 4.47 Å². The maximum absolute atomic E-state index is 5.45. The first-order valence-electron chi connectivity index (χ1n) is 7.44. The zero-order valence-electron chi connectivity index (χ0n) is 11.4. The lowest BCUT2D eigenvalue weighted by Crippen LogP contribution is -2.08. The summed E-state index contributed by atoms with van der Waals surface area (Å²) in [6, 6.07) is 0. The summed E-state index contributed by atoms with van der Waals surface area (Å²) < 4.78 is 1.78. The van der Waals surface area contributed by atoms with Crippen molar-refractivity contribution in [3.8, 4) is 0 Å². The minimum Gasteiger partial charge on any atom is -0.346 e. The maximum atomic E-state index is 5.45. The van der Waals surface area contributed by atoms with Crippen molar-refractivity contribution in [2.24, 2.45) is 5.92 Å². The van der Waals surface area contributed by atoms with E-state index in [1.807, 2.05) is 0 Å². The molecule has 2 unspecified atom stereocenters. The van der Waals surface area contributed by atoms with E-state index >= 15 is 0 Å². The largest absolute Gasteiger partial charge is 0.346 e. The second-order valence-corrected chi connectivity index (χ2v) is 7.43. The standard InChI is InChI=1S/C15H21BrN2S/c1-9-6-7-11(8-9)14-17-13(10-4-2-3-5-10)12(16)15(19)18-14/h9-11H,2-8H2,1H3,(H,17,18,19). The number of aromatic nitrogens is 2. The van der Waals surface area contributed by atoms with E-state index in [9.17, 15) is 0 Å². The number of rotatable bonds is 2. The molecule has 2 aliphatic carbocycles. The lowest BCUT2D eigenvalue weighted by molar-refractivity contribution is 0.578. The van der Waals surface area contributed by atoms with Crippen molar-refractivity contribution in [2.75, 3.05) is 0 Å². The topological polar surface area (TPSA) is 28.7 Å². The van der Waals surface area contributed by atoms with Gasteiger partial charge < -0.3 is 4.98 Å². The highest BCUT2D eigenvalue weighted by atomic mass is 79.9. The molecule has 2 aliphatic rings. The first-order valence-corrected chi connectivity index (χ1v) is 8.65. The summed E-state index contributed by atoms with van der Waals surface area (Å²) in [6.07, 6.45) is 9.09. The molecule has 2 nitrogen and oxygen atoms in total. The molecule has 4 heteroatoms. The van der Waals surface area contributed by atoms with Crippen molar-refractivity contribution in [2.45, 2.75) is 63.7 Å². The minimum absolute atomic E-state index is 0.588. The number of nitrogens with one attached hydrogen (secondary N) is 1. The zero-order chi connectivity index (χ0) is 13.4. The molecule has 2 saturated carbocycles. The van der Waals surface area contributed by atoms with E-state index in [2.05, 4.69) is 32.8 Å². The molecule has 0 saturated heterocycles. The number of hydrogen-bond donors (Lipinski definition) is 1. The van der Waals surface area contributed by atoms with Crippen LogP contribution in [0.4, 0.5) is 0 Å². The summed E-state index contributed by atoms with van der Waals surface area (Å²) in [5, 5.41) is 0. The molecule has 19 heavy (non-hydrogen) atoms. The Balaban J connectivity index is 1.95. The summed E-state index contributed by atoms with van der Waals surface area (Å²) in [5.41, 5.74) is 1.31. The van der Waals surface area contributed by atoms with Crippen LogP contribution in [-0.4, -0.2) is 9.97 Å². The van der Waals surface area contributed by atoms with E-state index in [1.54, 1.807) is 0 Å². The van der Waals surface area contributed by atoms with E-state index in [-0.39, 0.29) is 0 Å². The van der Waals surface area contributed by atoms with Gasteiger partial charge in [0.15, 0.2) is 0 Å². The number of aromatic amines is 1. The van der Waals surface area contributed by atoms with E-state index in [1.165, 1.54) is 50.6 Å². The maximum Gasteiger partial charge on any atom is 0.144 e. The van der Waals surface area contributed by atoms with Crippen molar-refractivity contribution >= 4 is 28.1 Å². The van der Waals surface area contributed by atoms with Gasteiger partial charge in [-0.2, -0.15) is 0 Å². The quantitative estimate of drug-likeness (QED) is 0.723. The van der Waals surface area contributed by atoms with E-state index in [4.69, 9.17) is 12.2 Å². The first-order chi connectivity index (χ1) is 9.15. The molecule has 0 aliphatic heterocycles. The molecule has 0 bridgehead atoms. The van der Waals surface area contributed by atoms with Gasteiger partial charge in [0.2, 0.25) is 0 Å². The van der Waals surface area contributed by atoms with Gasteiger partial charge >= 0.3 is 0 Å². The molecule has 1 N–H and O–H groups in total. The van der Waals surface area contributed by atoms with Crippen LogP contribution in [0.1, 0.15) is 75.2 Å². The van der Waals surface area contributed by atoms with Crippen molar-refractivity contribution < 1.29 is 0 Å². The van der Waals surface area contributed by atoms with Gasteiger partial charge in [0, 0.05) is 17.5 Å². The number of hydrogen-bond acceptors (Lipinski definition) is 2. The molecule has 2 fully saturated rings. The molecule has 104 valence electrons. The Hall–Kier alpha value is -0.220. The van der Waals surface area contributed by atoms with Crippen LogP contribution in [0.3, 0.4) is 0 Å². The van der Waals surface area contributed by atoms with Gasteiger partial charge in [0.1, 0.15) is 10.5 Å². The van der Waals surface area contributed by atoms with Crippen molar-refractivity contribution in [3.05, 3.63) is 20.6 Å². The molecule has 0 amide bonds. The third-order valence-electron chi connectivity index (χ3n) is 4.75. The lowest BCUT2D eigenvalue weighted by Gasteiger charge is -2.16. The summed E-state index contributed by atoms with van der Waals surface area (Å²) in [5.74, 6) is 3.20. The average Bonchev–Trinajstić information content (AvgIpc) is 3.03. The molecule has 1 aromatic rings. The predicted molar refractivity (Wildman–Crippen MR) is 84.1 cm³/mol. The summed E-state index contributed by atoms with van der Waals surface area (Å²) in [4.78, 5) is 8.27. The van der Waals surface area contributed by atoms with Gasteiger partial charge in [-0.1, -0.05) is 32.0 Å². The highest BCUT2D eigenvalue weighted by molar-refractivity contribution is 9.10. The Bertz CT molecular complexity index is 519.